The molecule has 2 aliphatic rings. The van der Waals surface area contributed by atoms with Gasteiger partial charge in [-0.05, 0) is 50.3 Å². The van der Waals surface area contributed by atoms with Gasteiger partial charge in [-0.1, -0.05) is 6.07 Å². The fourth-order valence-corrected chi connectivity index (χ4v) is 2.67. The summed E-state index contributed by atoms with van der Waals surface area (Å²) in [6, 6.07) is 6.94. The summed E-state index contributed by atoms with van der Waals surface area (Å²) in [6.07, 6.45) is 7.37. The molecule has 2 fully saturated rings. The molecule has 1 N–H and O–H groups in total. The van der Waals surface area contributed by atoms with Crippen molar-refractivity contribution in [2.24, 2.45) is 5.92 Å². The van der Waals surface area contributed by atoms with E-state index in [0.717, 1.165) is 18.5 Å². The Morgan fingerprint density at radius 2 is 2.00 bits per heavy atom. The second kappa shape index (κ2) is 5.81. The number of nitrogens with zero attached hydrogens (tertiary/aromatic N) is 2. The van der Waals surface area contributed by atoms with Gasteiger partial charge in [0.25, 0.3) is 0 Å². The van der Waals surface area contributed by atoms with E-state index >= 15 is 0 Å². The summed E-state index contributed by atoms with van der Waals surface area (Å²) >= 11 is 0. The number of likely N-dealkylation sites (tertiary alicyclic amines) is 1. The summed E-state index contributed by atoms with van der Waals surface area (Å²) in [4.78, 5) is 6.93. The third kappa shape index (κ3) is 3.53. The smallest absolute Gasteiger partial charge is 0.0543 e. The SMILES string of the molecule is c1ccc(CN2CCC(NCC3CC3)CC2)nc1. The van der Waals surface area contributed by atoms with Gasteiger partial charge >= 0.3 is 0 Å². The third-order valence-electron chi connectivity index (χ3n) is 4.09. The van der Waals surface area contributed by atoms with E-state index in [0.29, 0.717) is 0 Å². The largest absolute Gasteiger partial charge is 0.314 e. The highest BCUT2D eigenvalue weighted by molar-refractivity contribution is 5.03. The van der Waals surface area contributed by atoms with Crippen molar-refractivity contribution in [3.63, 3.8) is 0 Å². The standard InChI is InChI=1S/C15H23N3/c1-2-8-16-15(3-1)12-18-9-6-14(7-10-18)17-11-13-4-5-13/h1-3,8,13-14,17H,4-7,9-12H2. The maximum atomic E-state index is 4.40. The molecule has 0 amide bonds. The van der Waals surface area contributed by atoms with Gasteiger partial charge in [0, 0.05) is 31.9 Å². The van der Waals surface area contributed by atoms with Crippen molar-refractivity contribution < 1.29 is 0 Å². The van der Waals surface area contributed by atoms with Crippen LogP contribution in [-0.4, -0.2) is 35.6 Å². The molecule has 0 radical (unpaired) electrons. The van der Waals surface area contributed by atoms with Crippen molar-refractivity contribution in [3.05, 3.63) is 30.1 Å². The predicted octanol–water partition coefficient (Wildman–Crippen LogP) is 2.05. The second-order valence-corrected chi connectivity index (χ2v) is 5.72. The average Bonchev–Trinajstić information content (AvgIpc) is 3.23. The minimum atomic E-state index is 0.755. The van der Waals surface area contributed by atoms with Gasteiger partial charge in [-0.2, -0.15) is 0 Å². The van der Waals surface area contributed by atoms with E-state index in [1.54, 1.807) is 0 Å². The van der Waals surface area contributed by atoms with E-state index in [1.165, 1.54) is 51.0 Å². The molecule has 3 heteroatoms. The Morgan fingerprint density at radius 1 is 1.17 bits per heavy atom. The Kier molecular flexibility index (Phi) is 3.91. The molecule has 1 aliphatic heterocycles. The first-order valence-electron chi connectivity index (χ1n) is 7.26. The van der Waals surface area contributed by atoms with E-state index in [-0.39, 0.29) is 0 Å². The van der Waals surface area contributed by atoms with Gasteiger partial charge in [0.2, 0.25) is 0 Å². The third-order valence-corrected chi connectivity index (χ3v) is 4.09. The first-order valence-corrected chi connectivity index (χ1v) is 7.26. The zero-order valence-electron chi connectivity index (χ0n) is 11.0. The minimum absolute atomic E-state index is 0.755. The molecule has 2 heterocycles. The number of aromatic nitrogens is 1. The van der Waals surface area contributed by atoms with E-state index in [1.807, 2.05) is 12.3 Å². The minimum Gasteiger partial charge on any atom is -0.314 e. The number of nitrogens with one attached hydrogen (secondary N) is 1. The average molecular weight is 245 g/mol. The molecule has 0 unspecified atom stereocenters. The van der Waals surface area contributed by atoms with Gasteiger partial charge in [-0.15, -0.1) is 0 Å². The van der Waals surface area contributed by atoms with Gasteiger partial charge in [0.05, 0.1) is 5.69 Å². The molecule has 1 aromatic heterocycles. The molecule has 1 saturated heterocycles. The maximum Gasteiger partial charge on any atom is 0.0543 e. The zero-order chi connectivity index (χ0) is 12.2. The number of pyridine rings is 1. The van der Waals surface area contributed by atoms with Crippen LogP contribution in [0, 0.1) is 5.92 Å². The molecule has 98 valence electrons. The van der Waals surface area contributed by atoms with E-state index < -0.39 is 0 Å². The Morgan fingerprint density at radius 3 is 2.67 bits per heavy atom. The lowest BCUT2D eigenvalue weighted by Crippen LogP contribution is -2.42. The van der Waals surface area contributed by atoms with Gasteiger partial charge < -0.3 is 5.32 Å². The summed E-state index contributed by atoms with van der Waals surface area (Å²) in [7, 11) is 0. The van der Waals surface area contributed by atoms with Gasteiger partial charge in [0.1, 0.15) is 0 Å². The van der Waals surface area contributed by atoms with Crippen LogP contribution in [0.1, 0.15) is 31.4 Å². The highest BCUT2D eigenvalue weighted by Crippen LogP contribution is 2.28. The van der Waals surface area contributed by atoms with Crippen molar-refractivity contribution in [2.75, 3.05) is 19.6 Å². The van der Waals surface area contributed by atoms with Gasteiger partial charge in [-0.3, -0.25) is 9.88 Å². The van der Waals surface area contributed by atoms with Crippen LogP contribution in [0.3, 0.4) is 0 Å². The number of hydrogen-bond donors (Lipinski definition) is 1. The predicted molar refractivity (Wildman–Crippen MR) is 73.3 cm³/mol. The number of hydrogen-bond acceptors (Lipinski definition) is 3. The Labute approximate surface area is 110 Å². The lowest BCUT2D eigenvalue weighted by Gasteiger charge is -2.32. The Hall–Kier alpha value is -0.930. The lowest BCUT2D eigenvalue weighted by molar-refractivity contribution is 0.188. The molecular formula is C15H23N3. The van der Waals surface area contributed by atoms with E-state index in [9.17, 15) is 0 Å². The summed E-state index contributed by atoms with van der Waals surface area (Å²) in [5, 5.41) is 3.73. The molecule has 1 saturated carbocycles. The molecule has 0 spiro atoms. The summed E-state index contributed by atoms with van der Waals surface area (Å²) < 4.78 is 0. The van der Waals surface area contributed by atoms with Crippen LogP contribution in [0.25, 0.3) is 0 Å². The molecule has 3 rings (SSSR count). The quantitative estimate of drug-likeness (QED) is 0.860. The first-order chi connectivity index (χ1) is 8.90. The molecule has 3 nitrogen and oxygen atoms in total. The van der Waals surface area contributed by atoms with Gasteiger partial charge in [0.15, 0.2) is 0 Å². The normalized spacial score (nSPS) is 22.2. The Bertz CT molecular complexity index is 353. The molecule has 0 aromatic carbocycles. The monoisotopic (exact) mass is 245 g/mol. The van der Waals surface area contributed by atoms with Crippen LogP contribution < -0.4 is 5.32 Å². The number of rotatable bonds is 5. The molecule has 18 heavy (non-hydrogen) atoms. The fraction of sp³-hybridized carbons (Fsp3) is 0.667. The Balaban J connectivity index is 1.39. The summed E-state index contributed by atoms with van der Waals surface area (Å²) in [6.45, 7) is 4.68. The highest BCUT2D eigenvalue weighted by atomic mass is 15.1. The van der Waals surface area contributed by atoms with Crippen molar-refractivity contribution in [3.8, 4) is 0 Å². The summed E-state index contributed by atoms with van der Waals surface area (Å²) in [5.74, 6) is 0.997. The van der Waals surface area contributed by atoms with Crippen molar-refractivity contribution in [2.45, 2.75) is 38.3 Å². The van der Waals surface area contributed by atoms with Crippen LogP contribution in [0.4, 0.5) is 0 Å². The topological polar surface area (TPSA) is 28.2 Å². The van der Waals surface area contributed by atoms with Crippen molar-refractivity contribution in [1.29, 1.82) is 0 Å². The maximum absolute atomic E-state index is 4.40. The van der Waals surface area contributed by atoms with Crippen LogP contribution in [0.5, 0.6) is 0 Å². The van der Waals surface area contributed by atoms with E-state index in [4.69, 9.17) is 0 Å². The zero-order valence-corrected chi connectivity index (χ0v) is 11.0. The summed E-state index contributed by atoms with van der Waals surface area (Å²) in [5.41, 5.74) is 1.20. The van der Waals surface area contributed by atoms with Crippen LogP contribution in [0.2, 0.25) is 0 Å². The lowest BCUT2D eigenvalue weighted by atomic mass is 10.0. The van der Waals surface area contributed by atoms with Crippen LogP contribution in [-0.2, 0) is 6.54 Å². The molecule has 1 aromatic rings. The fourth-order valence-electron chi connectivity index (χ4n) is 2.67. The number of piperidine rings is 1. The van der Waals surface area contributed by atoms with Gasteiger partial charge in [-0.25, -0.2) is 0 Å². The second-order valence-electron chi connectivity index (χ2n) is 5.72. The molecule has 0 bridgehead atoms. The van der Waals surface area contributed by atoms with E-state index in [2.05, 4.69) is 27.3 Å². The molecule has 0 atom stereocenters. The molecule has 1 aliphatic carbocycles. The van der Waals surface area contributed by atoms with Crippen LogP contribution >= 0.6 is 0 Å². The molecular weight excluding hydrogens is 222 g/mol. The van der Waals surface area contributed by atoms with Crippen molar-refractivity contribution in [1.82, 2.24) is 15.2 Å². The van der Waals surface area contributed by atoms with Crippen LogP contribution in [0.15, 0.2) is 24.4 Å². The first kappa shape index (κ1) is 12.1. The van der Waals surface area contributed by atoms with Crippen molar-refractivity contribution >= 4 is 0 Å². The highest BCUT2D eigenvalue weighted by Gasteiger charge is 2.24.